The van der Waals surface area contributed by atoms with Crippen LogP contribution in [-0.2, 0) is 6.54 Å². The molecule has 0 aliphatic rings. The van der Waals surface area contributed by atoms with Gasteiger partial charge in [0.25, 0.3) is 10.8 Å². The Bertz CT molecular complexity index is 816. The van der Waals surface area contributed by atoms with Crippen molar-refractivity contribution in [2.75, 3.05) is 0 Å². The zero-order valence-corrected chi connectivity index (χ0v) is 12.1. The van der Waals surface area contributed by atoms with Gasteiger partial charge >= 0.3 is 5.69 Å². The maximum atomic E-state index is 12.4. The molecule has 1 aromatic carbocycles. The molecular weight excluding hydrogens is 292 g/mol. The summed E-state index contributed by atoms with van der Waals surface area (Å²) < 4.78 is 2.14. The number of nitrogens with zero attached hydrogens (tertiary/aromatic N) is 2. The molecule has 1 aromatic heterocycles. The van der Waals surface area contributed by atoms with Crippen LogP contribution in [0.3, 0.4) is 0 Å². The van der Waals surface area contributed by atoms with Crippen LogP contribution in [0.4, 0.5) is 0 Å². The Labute approximate surface area is 125 Å². The highest BCUT2D eigenvalue weighted by molar-refractivity contribution is 6.67. The largest absolute Gasteiger partial charge is 0.335 e. The number of rotatable bonds is 4. The summed E-state index contributed by atoms with van der Waals surface area (Å²) in [6, 6.07) is 6.82. The van der Waals surface area contributed by atoms with E-state index in [0.717, 1.165) is 16.3 Å². The topological polar surface area (TPSA) is 61.1 Å². The average Bonchev–Trinajstić information content (AvgIpc) is 2.44. The van der Waals surface area contributed by atoms with Gasteiger partial charge in [0.05, 0.1) is 5.69 Å². The van der Waals surface area contributed by atoms with Gasteiger partial charge in [-0.3, -0.25) is 14.2 Å². The molecule has 0 saturated carbocycles. The summed E-state index contributed by atoms with van der Waals surface area (Å²) in [6.07, 6.45) is 2.65. The molecule has 0 atom stereocenters. The lowest BCUT2D eigenvalue weighted by Gasteiger charge is -2.10. The van der Waals surface area contributed by atoms with E-state index in [-0.39, 0.29) is 12.1 Å². The number of benzene rings is 1. The zero-order chi connectivity index (χ0) is 15.6. The number of hydrogen-bond donors (Lipinski definition) is 0. The SMILES string of the molecule is C=CCn1cc(C(=O)Cl)c(=O)n(-c2ccc(C)cc2)c1=O. The highest BCUT2D eigenvalue weighted by Gasteiger charge is 2.16. The first-order chi connectivity index (χ1) is 9.95. The summed E-state index contributed by atoms with van der Waals surface area (Å²) in [6.45, 7) is 5.60. The first-order valence-corrected chi connectivity index (χ1v) is 6.57. The van der Waals surface area contributed by atoms with Crippen molar-refractivity contribution in [3.8, 4) is 5.69 Å². The molecule has 0 N–H and O–H groups in total. The number of aromatic nitrogens is 2. The van der Waals surface area contributed by atoms with E-state index in [0.29, 0.717) is 5.69 Å². The van der Waals surface area contributed by atoms with Crippen molar-refractivity contribution < 1.29 is 4.79 Å². The highest BCUT2D eigenvalue weighted by Crippen LogP contribution is 2.06. The molecule has 108 valence electrons. The number of carbonyl (C=O) groups is 1. The number of carbonyl (C=O) groups excluding carboxylic acids is 1. The van der Waals surface area contributed by atoms with Gasteiger partial charge < -0.3 is 0 Å². The van der Waals surface area contributed by atoms with Gasteiger partial charge in [0.2, 0.25) is 0 Å². The maximum Gasteiger partial charge on any atom is 0.335 e. The minimum absolute atomic E-state index is 0.169. The van der Waals surface area contributed by atoms with E-state index in [4.69, 9.17) is 11.6 Å². The monoisotopic (exact) mass is 304 g/mol. The first kappa shape index (κ1) is 15.0. The van der Waals surface area contributed by atoms with Gasteiger partial charge in [-0.15, -0.1) is 6.58 Å². The molecule has 0 spiro atoms. The van der Waals surface area contributed by atoms with Gasteiger partial charge in [-0.25, -0.2) is 9.36 Å². The summed E-state index contributed by atoms with van der Waals surface area (Å²) in [7, 11) is 0. The summed E-state index contributed by atoms with van der Waals surface area (Å²) in [5, 5.41) is -0.904. The fourth-order valence-corrected chi connectivity index (χ4v) is 2.06. The minimum Gasteiger partial charge on any atom is -0.296 e. The van der Waals surface area contributed by atoms with Crippen LogP contribution in [0, 0.1) is 6.92 Å². The number of allylic oxidation sites excluding steroid dienone is 1. The number of halogens is 1. The Morgan fingerprint density at radius 1 is 1.29 bits per heavy atom. The predicted molar refractivity (Wildman–Crippen MR) is 81.4 cm³/mol. The fourth-order valence-electron chi connectivity index (χ4n) is 1.93. The van der Waals surface area contributed by atoms with Crippen molar-refractivity contribution >= 4 is 16.8 Å². The molecule has 0 unspecified atom stereocenters. The van der Waals surface area contributed by atoms with Crippen molar-refractivity contribution in [2.45, 2.75) is 13.5 Å². The average molecular weight is 305 g/mol. The molecule has 0 aliphatic heterocycles. The van der Waals surface area contributed by atoms with Crippen LogP contribution >= 0.6 is 11.6 Å². The molecule has 5 nitrogen and oxygen atoms in total. The number of aryl methyl sites for hydroxylation is 1. The van der Waals surface area contributed by atoms with Gasteiger partial charge in [0, 0.05) is 12.7 Å². The third-order valence-corrected chi connectivity index (χ3v) is 3.19. The van der Waals surface area contributed by atoms with Gasteiger partial charge in [-0.05, 0) is 30.7 Å². The standard InChI is InChI=1S/C15H13ClN2O3/c1-3-8-17-9-12(13(16)19)14(20)18(15(17)21)11-6-4-10(2)5-7-11/h3-7,9H,1,8H2,2H3. The highest BCUT2D eigenvalue weighted by atomic mass is 35.5. The molecule has 2 rings (SSSR count). The molecule has 1 heterocycles. The van der Waals surface area contributed by atoms with E-state index in [1.54, 1.807) is 24.3 Å². The Morgan fingerprint density at radius 2 is 1.90 bits per heavy atom. The fraction of sp³-hybridized carbons (Fsp3) is 0.133. The van der Waals surface area contributed by atoms with Crippen LogP contribution in [-0.4, -0.2) is 14.4 Å². The van der Waals surface area contributed by atoms with Gasteiger partial charge in [-0.2, -0.15) is 0 Å². The molecule has 0 saturated heterocycles. The molecule has 21 heavy (non-hydrogen) atoms. The maximum absolute atomic E-state index is 12.4. The van der Waals surface area contributed by atoms with Crippen molar-refractivity contribution in [2.24, 2.45) is 0 Å². The third-order valence-electron chi connectivity index (χ3n) is 2.99. The second-order valence-corrected chi connectivity index (χ2v) is 4.86. The lowest BCUT2D eigenvalue weighted by atomic mass is 10.2. The van der Waals surface area contributed by atoms with Gasteiger partial charge in [-0.1, -0.05) is 23.8 Å². The Balaban J connectivity index is 2.83. The molecule has 2 aromatic rings. The summed E-state index contributed by atoms with van der Waals surface area (Å²) >= 11 is 5.42. The Morgan fingerprint density at radius 3 is 2.43 bits per heavy atom. The van der Waals surface area contributed by atoms with Crippen molar-refractivity contribution in [1.29, 1.82) is 0 Å². The van der Waals surface area contributed by atoms with Crippen LogP contribution in [0.15, 0.2) is 52.7 Å². The Kier molecular flexibility index (Phi) is 4.23. The smallest absolute Gasteiger partial charge is 0.296 e. The van der Waals surface area contributed by atoms with Crippen molar-refractivity contribution in [1.82, 2.24) is 9.13 Å². The van der Waals surface area contributed by atoms with E-state index >= 15 is 0 Å². The molecule has 0 radical (unpaired) electrons. The van der Waals surface area contributed by atoms with E-state index in [1.165, 1.54) is 10.6 Å². The molecule has 0 aliphatic carbocycles. The van der Waals surface area contributed by atoms with Gasteiger partial charge in [0.1, 0.15) is 5.56 Å². The summed E-state index contributed by atoms with van der Waals surface area (Å²) in [4.78, 5) is 36.0. The van der Waals surface area contributed by atoms with E-state index in [9.17, 15) is 14.4 Å². The quantitative estimate of drug-likeness (QED) is 0.640. The van der Waals surface area contributed by atoms with E-state index < -0.39 is 16.5 Å². The van der Waals surface area contributed by atoms with Crippen molar-refractivity contribution in [3.63, 3.8) is 0 Å². The lowest BCUT2D eigenvalue weighted by Crippen LogP contribution is -2.40. The Hall–Kier alpha value is -2.40. The third kappa shape index (κ3) is 2.87. The molecule has 0 amide bonds. The van der Waals surface area contributed by atoms with Crippen LogP contribution in [0.5, 0.6) is 0 Å². The summed E-state index contributed by atoms with van der Waals surface area (Å²) in [5.74, 6) is 0. The van der Waals surface area contributed by atoms with Crippen LogP contribution < -0.4 is 11.2 Å². The number of hydrogen-bond acceptors (Lipinski definition) is 3. The normalized spacial score (nSPS) is 10.4. The molecule has 6 heteroatoms. The second kappa shape index (κ2) is 5.93. The van der Waals surface area contributed by atoms with Gasteiger partial charge in [0.15, 0.2) is 0 Å². The summed E-state index contributed by atoms with van der Waals surface area (Å²) in [5.41, 5.74) is -0.163. The first-order valence-electron chi connectivity index (χ1n) is 6.20. The van der Waals surface area contributed by atoms with Crippen LogP contribution in [0.25, 0.3) is 5.69 Å². The molecule has 0 bridgehead atoms. The van der Waals surface area contributed by atoms with Crippen molar-refractivity contribution in [3.05, 3.63) is 75.1 Å². The minimum atomic E-state index is -0.904. The lowest BCUT2D eigenvalue weighted by molar-refractivity contribution is 0.107. The predicted octanol–water partition coefficient (Wildman–Crippen LogP) is 1.87. The van der Waals surface area contributed by atoms with E-state index in [1.807, 2.05) is 6.92 Å². The second-order valence-electron chi connectivity index (χ2n) is 4.52. The van der Waals surface area contributed by atoms with Crippen LogP contribution in [0.2, 0.25) is 0 Å². The molecular formula is C15H13ClN2O3. The molecule has 0 fully saturated rings. The van der Waals surface area contributed by atoms with E-state index in [2.05, 4.69) is 6.58 Å². The zero-order valence-electron chi connectivity index (χ0n) is 11.4. The van der Waals surface area contributed by atoms with Crippen LogP contribution in [0.1, 0.15) is 15.9 Å².